The van der Waals surface area contributed by atoms with E-state index in [-0.39, 0.29) is 11.8 Å². The summed E-state index contributed by atoms with van der Waals surface area (Å²) in [6, 6.07) is -0.833. The first-order chi connectivity index (χ1) is 8.51. The molecule has 0 aromatic heterocycles. The van der Waals surface area contributed by atoms with Crippen molar-refractivity contribution in [1.29, 1.82) is 0 Å². The fourth-order valence-corrected chi connectivity index (χ4v) is 1.45. The third kappa shape index (κ3) is 8.03. The van der Waals surface area contributed by atoms with Gasteiger partial charge in [0.15, 0.2) is 0 Å². The van der Waals surface area contributed by atoms with Gasteiger partial charge in [0.25, 0.3) is 0 Å². The normalized spacial score (nSPS) is 13.9. The molecule has 0 aromatic carbocycles. The number of carboxylic acids is 1. The van der Waals surface area contributed by atoms with Crippen LogP contribution in [0.4, 0.5) is 0 Å². The summed E-state index contributed by atoms with van der Waals surface area (Å²) in [5, 5.41) is 11.5. The van der Waals surface area contributed by atoms with Crippen molar-refractivity contribution in [2.75, 3.05) is 20.3 Å². The molecule has 0 aliphatic heterocycles. The van der Waals surface area contributed by atoms with E-state index in [0.29, 0.717) is 38.8 Å². The maximum absolute atomic E-state index is 11.6. The average Bonchev–Trinajstić information content (AvgIpc) is 2.34. The van der Waals surface area contributed by atoms with Gasteiger partial charge < -0.3 is 20.9 Å². The van der Waals surface area contributed by atoms with Crippen LogP contribution in [0.2, 0.25) is 0 Å². The van der Waals surface area contributed by atoms with E-state index in [1.54, 1.807) is 7.11 Å². The number of ether oxygens (including phenoxy) is 1. The third-order valence-corrected chi connectivity index (χ3v) is 2.74. The van der Waals surface area contributed by atoms with Gasteiger partial charge in [0.2, 0.25) is 5.91 Å². The average molecular weight is 260 g/mol. The smallest absolute Gasteiger partial charge is 0.326 e. The second-order valence-electron chi connectivity index (χ2n) is 4.47. The van der Waals surface area contributed by atoms with Gasteiger partial charge in [-0.3, -0.25) is 4.79 Å². The zero-order valence-electron chi connectivity index (χ0n) is 11.1. The lowest BCUT2D eigenvalue weighted by Gasteiger charge is -2.15. The number of carbonyl (C=O) groups excluding carboxylic acids is 1. The number of hydrogen-bond acceptors (Lipinski definition) is 4. The van der Waals surface area contributed by atoms with Crippen molar-refractivity contribution >= 4 is 11.9 Å². The number of hydrogen-bond donors (Lipinski definition) is 3. The summed E-state index contributed by atoms with van der Waals surface area (Å²) in [5.74, 6) is -0.973. The number of aliphatic carboxylic acids is 1. The van der Waals surface area contributed by atoms with E-state index in [4.69, 9.17) is 15.6 Å². The summed E-state index contributed by atoms with van der Waals surface area (Å²) in [7, 11) is 1.56. The Labute approximate surface area is 108 Å². The Kier molecular flexibility index (Phi) is 9.22. The number of nitrogens with two attached hydrogens (primary N) is 1. The lowest BCUT2D eigenvalue weighted by molar-refractivity contribution is -0.142. The Morgan fingerprint density at radius 2 is 2.06 bits per heavy atom. The molecular weight excluding hydrogens is 236 g/mol. The minimum absolute atomic E-state index is 0.236. The van der Waals surface area contributed by atoms with Gasteiger partial charge >= 0.3 is 5.97 Å². The summed E-state index contributed by atoms with van der Waals surface area (Å²) < 4.78 is 4.85. The van der Waals surface area contributed by atoms with Crippen molar-refractivity contribution in [3.05, 3.63) is 0 Å². The molecule has 0 heterocycles. The molecule has 0 aliphatic rings. The Balaban J connectivity index is 3.99. The molecule has 2 unspecified atom stereocenters. The standard InChI is InChI=1S/C12H24N2O4/c1-9(8-13)5-6-11(15)14-10(12(16)17)4-3-7-18-2/h9-10H,3-8,13H2,1-2H3,(H,14,15)(H,16,17). The van der Waals surface area contributed by atoms with E-state index in [1.807, 2.05) is 6.92 Å². The van der Waals surface area contributed by atoms with E-state index in [1.165, 1.54) is 0 Å². The van der Waals surface area contributed by atoms with Crippen LogP contribution in [-0.2, 0) is 14.3 Å². The number of methoxy groups -OCH3 is 1. The van der Waals surface area contributed by atoms with E-state index in [0.717, 1.165) is 0 Å². The summed E-state index contributed by atoms with van der Waals surface area (Å²) in [6.45, 7) is 2.98. The molecule has 106 valence electrons. The molecular formula is C12H24N2O4. The van der Waals surface area contributed by atoms with Crippen LogP contribution in [-0.4, -0.2) is 43.3 Å². The quantitative estimate of drug-likeness (QED) is 0.492. The van der Waals surface area contributed by atoms with E-state index in [2.05, 4.69) is 5.32 Å². The van der Waals surface area contributed by atoms with Gasteiger partial charge in [-0.15, -0.1) is 0 Å². The van der Waals surface area contributed by atoms with E-state index < -0.39 is 12.0 Å². The largest absolute Gasteiger partial charge is 0.480 e. The maximum Gasteiger partial charge on any atom is 0.326 e. The third-order valence-electron chi connectivity index (χ3n) is 2.74. The highest BCUT2D eigenvalue weighted by Crippen LogP contribution is 2.04. The van der Waals surface area contributed by atoms with Crippen LogP contribution in [0.25, 0.3) is 0 Å². The molecule has 0 bridgehead atoms. The Morgan fingerprint density at radius 3 is 2.56 bits per heavy atom. The molecule has 4 N–H and O–H groups in total. The predicted molar refractivity (Wildman–Crippen MR) is 68.1 cm³/mol. The van der Waals surface area contributed by atoms with Gasteiger partial charge in [-0.05, 0) is 31.7 Å². The number of carbonyl (C=O) groups is 2. The molecule has 18 heavy (non-hydrogen) atoms. The molecule has 0 aromatic rings. The molecule has 0 saturated heterocycles. The molecule has 0 radical (unpaired) electrons. The van der Waals surface area contributed by atoms with E-state index in [9.17, 15) is 9.59 Å². The Hall–Kier alpha value is -1.14. The first-order valence-electron chi connectivity index (χ1n) is 6.22. The van der Waals surface area contributed by atoms with Crippen LogP contribution < -0.4 is 11.1 Å². The minimum Gasteiger partial charge on any atom is -0.480 e. The highest BCUT2D eigenvalue weighted by atomic mass is 16.5. The molecule has 0 saturated carbocycles. The zero-order valence-corrected chi connectivity index (χ0v) is 11.1. The summed E-state index contributed by atoms with van der Waals surface area (Å²) in [5.41, 5.74) is 5.45. The van der Waals surface area contributed by atoms with Crippen LogP contribution in [0.3, 0.4) is 0 Å². The van der Waals surface area contributed by atoms with Crippen molar-refractivity contribution in [3.63, 3.8) is 0 Å². The van der Waals surface area contributed by atoms with Gasteiger partial charge in [-0.25, -0.2) is 4.79 Å². The molecule has 6 nitrogen and oxygen atoms in total. The van der Waals surface area contributed by atoms with Crippen molar-refractivity contribution in [3.8, 4) is 0 Å². The van der Waals surface area contributed by atoms with Crippen molar-refractivity contribution < 1.29 is 19.4 Å². The number of rotatable bonds is 10. The molecule has 0 aliphatic carbocycles. The van der Waals surface area contributed by atoms with Gasteiger partial charge in [-0.2, -0.15) is 0 Å². The SMILES string of the molecule is COCCCC(NC(=O)CCC(C)CN)C(=O)O. The first-order valence-corrected chi connectivity index (χ1v) is 6.22. The van der Waals surface area contributed by atoms with Gasteiger partial charge in [0, 0.05) is 20.1 Å². The molecule has 6 heteroatoms. The van der Waals surface area contributed by atoms with Gasteiger partial charge in [0.05, 0.1) is 0 Å². The fourth-order valence-electron chi connectivity index (χ4n) is 1.45. The van der Waals surface area contributed by atoms with Crippen LogP contribution in [0, 0.1) is 5.92 Å². The Bertz CT molecular complexity index is 258. The lowest BCUT2D eigenvalue weighted by atomic mass is 10.1. The van der Waals surface area contributed by atoms with Crippen LogP contribution >= 0.6 is 0 Å². The summed E-state index contributed by atoms with van der Waals surface area (Å²) in [6.07, 6.45) is 1.97. The van der Waals surface area contributed by atoms with Crippen molar-refractivity contribution in [1.82, 2.24) is 5.32 Å². The Morgan fingerprint density at radius 1 is 1.39 bits per heavy atom. The highest BCUT2D eigenvalue weighted by molar-refractivity contribution is 5.83. The van der Waals surface area contributed by atoms with Crippen LogP contribution in [0.1, 0.15) is 32.6 Å². The molecule has 0 spiro atoms. The summed E-state index contributed by atoms with van der Waals surface area (Å²) in [4.78, 5) is 22.5. The first kappa shape index (κ1) is 16.9. The number of amides is 1. The number of nitrogens with one attached hydrogen (secondary N) is 1. The second kappa shape index (κ2) is 9.85. The van der Waals surface area contributed by atoms with E-state index >= 15 is 0 Å². The summed E-state index contributed by atoms with van der Waals surface area (Å²) >= 11 is 0. The van der Waals surface area contributed by atoms with Crippen molar-refractivity contribution in [2.24, 2.45) is 11.7 Å². The van der Waals surface area contributed by atoms with Crippen molar-refractivity contribution in [2.45, 2.75) is 38.6 Å². The zero-order chi connectivity index (χ0) is 14.0. The molecule has 0 rings (SSSR count). The van der Waals surface area contributed by atoms with Gasteiger partial charge in [-0.1, -0.05) is 6.92 Å². The maximum atomic E-state index is 11.6. The monoisotopic (exact) mass is 260 g/mol. The van der Waals surface area contributed by atoms with Crippen LogP contribution in [0.5, 0.6) is 0 Å². The van der Waals surface area contributed by atoms with Crippen LogP contribution in [0.15, 0.2) is 0 Å². The highest BCUT2D eigenvalue weighted by Gasteiger charge is 2.19. The number of carboxylic acid groups (broad SMARTS) is 1. The second-order valence-corrected chi connectivity index (χ2v) is 4.47. The molecule has 1 amide bonds. The van der Waals surface area contributed by atoms with Gasteiger partial charge in [0.1, 0.15) is 6.04 Å². The topological polar surface area (TPSA) is 102 Å². The minimum atomic E-state index is -1.01. The molecule has 0 fully saturated rings. The lowest BCUT2D eigenvalue weighted by Crippen LogP contribution is -2.41. The fraction of sp³-hybridized carbons (Fsp3) is 0.833. The predicted octanol–water partition coefficient (Wildman–Crippen LogP) is 0.357. The molecule has 2 atom stereocenters.